The fraction of sp³-hybridized carbons (Fsp3) is 0.500. The quantitative estimate of drug-likeness (QED) is 0.756. The molecule has 0 fully saturated rings. The van der Waals surface area contributed by atoms with Crippen molar-refractivity contribution in [3.8, 4) is 11.5 Å². The van der Waals surface area contributed by atoms with Crippen molar-refractivity contribution in [2.45, 2.75) is 19.8 Å². The highest BCUT2D eigenvalue weighted by Crippen LogP contribution is 2.17. The highest BCUT2D eigenvalue weighted by molar-refractivity contribution is 5.29. The summed E-state index contributed by atoms with van der Waals surface area (Å²) in [7, 11) is 0. The zero-order chi connectivity index (χ0) is 11.1. The number of aliphatic hydroxyl groups is 1. The van der Waals surface area contributed by atoms with Crippen molar-refractivity contribution < 1.29 is 14.9 Å². The SMILES string of the molecule is CCCC(CO)COc1ccc(O)cc1. The van der Waals surface area contributed by atoms with Gasteiger partial charge >= 0.3 is 0 Å². The summed E-state index contributed by atoms with van der Waals surface area (Å²) in [4.78, 5) is 0. The van der Waals surface area contributed by atoms with Crippen LogP contribution in [0.4, 0.5) is 0 Å². The molecule has 0 saturated heterocycles. The van der Waals surface area contributed by atoms with Gasteiger partial charge in [0.15, 0.2) is 0 Å². The summed E-state index contributed by atoms with van der Waals surface area (Å²) in [6.07, 6.45) is 2.01. The molecule has 0 aliphatic heterocycles. The highest BCUT2D eigenvalue weighted by atomic mass is 16.5. The lowest BCUT2D eigenvalue weighted by atomic mass is 10.1. The maximum absolute atomic E-state index is 9.07. The van der Waals surface area contributed by atoms with E-state index in [2.05, 4.69) is 6.92 Å². The number of ether oxygens (including phenoxy) is 1. The summed E-state index contributed by atoms with van der Waals surface area (Å²) in [6, 6.07) is 6.61. The lowest BCUT2D eigenvalue weighted by Gasteiger charge is -2.14. The summed E-state index contributed by atoms with van der Waals surface area (Å²) in [5.41, 5.74) is 0. The Kier molecular flexibility index (Phi) is 4.98. The topological polar surface area (TPSA) is 49.7 Å². The van der Waals surface area contributed by atoms with Gasteiger partial charge in [0.1, 0.15) is 11.5 Å². The minimum atomic E-state index is 0.159. The van der Waals surface area contributed by atoms with Gasteiger partial charge in [-0.2, -0.15) is 0 Å². The number of phenols is 1. The molecule has 1 rings (SSSR count). The van der Waals surface area contributed by atoms with Crippen molar-refractivity contribution in [2.75, 3.05) is 13.2 Å². The van der Waals surface area contributed by atoms with E-state index in [0.717, 1.165) is 18.6 Å². The van der Waals surface area contributed by atoms with E-state index in [1.165, 1.54) is 0 Å². The third-order valence-corrected chi connectivity index (χ3v) is 2.28. The van der Waals surface area contributed by atoms with Gasteiger partial charge in [-0.15, -0.1) is 0 Å². The Morgan fingerprint density at radius 2 is 1.93 bits per heavy atom. The Balaban J connectivity index is 2.38. The van der Waals surface area contributed by atoms with E-state index in [1.54, 1.807) is 24.3 Å². The Hall–Kier alpha value is -1.22. The van der Waals surface area contributed by atoms with Gasteiger partial charge in [0, 0.05) is 12.5 Å². The molecule has 0 heterocycles. The number of hydrogen-bond donors (Lipinski definition) is 2. The van der Waals surface area contributed by atoms with Crippen molar-refractivity contribution >= 4 is 0 Å². The maximum atomic E-state index is 9.07. The van der Waals surface area contributed by atoms with Crippen LogP contribution in [0.15, 0.2) is 24.3 Å². The number of aromatic hydroxyl groups is 1. The van der Waals surface area contributed by atoms with Crippen LogP contribution in [0.1, 0.15) is 19.8 Å². The Morgan fingerprint density at radius 3 is 2.47 bits per heavy atom. The van der Waals surface area contributed by atoms with E-state index < -0.39 is 0 Å². The minimum absolute atomic E-state index is 0.159. The lowest BCUT2D eigenvalue weighted by Crippen LogP contribution is -2.15. The third-order valence-electron chi connectivity index (χ3n) is 2.28. The normalized spacial score (nSPS) is 12.4. The summed E-state index contributed by atoms with van der Waals surface area (Å²) < 4.78 is 5.50. The zero-order valence-corrected chi connectivity index (χ0v) is 9.02. The Bertz CT molecular complexity index is 269. The van der Waals surface area contributed by atoms with Crippen molar-refractivity contribution in [2.24, 2.45) is 5.92 Å². The first-order valence-corrected chi connectivity index (χ1v) is 5.29. The Morgan fingerprint density at radius 1 is 1.27 bits per heavy atom. The van der Waals surface area contributed by atoms with Gasteiger partial charge in [-0.25, -0.2) is 0 Å². The van der Waals surface area contributed by atoms with E-state index >= 15 is 0 Å². The first-order valence-electron chi connectivity index (χ1n) is 5.29. The molecule has 15 heavy (non-hydrogen) atoms. The van der Waals surface area contributed by atoms with Gasteiger partial charge in [0.25, 0.3) is 0 Å². The molecule has 1 aromatic carbocycles. The summed E-state index contributed by atoms with van der Waals surface area (Å²) >= 11 is 0. The smallest absolute Gasteiger partial charge is 0.119 e. The van der Waals surface area contributed by atoms with Crippen LogP contribution < -0.4 is 4.74 Å². The molecule has 0 bridgehead atoms. The number of aliphatic hydroxyl groups excluding tert-OH is 1. The van der Waals surface area contributed by atoms with Crippen LogP contribution >= 0.6 is 0 Å². The molecule has 0 spiro atoms. The highest BCUT2D eigenvalue weighted by Gasteiger charge is 2.06. The van der Waals surface area contributed by atoms with Crippen LogP contribution in [-0.2, 0) is 0 Å². The second kappa shape index (κ2) is 6.30. The molecule has 1 aromatic rings. The van der Waals surface area contributed by atoms with Crippen LogP contribution in [-0.4, -0.2) is 23.4 Å². The largest absolute Gasteiger partial charge is 0.508 e. The maximum Gasteiger partial charge on any atom is 0.119 e. The molecule has 0 saturated carbocycles. The number of benzene rings is 1. The molecule has 84 valence electrons. The standard InChI is InChI=1S/C12H18O3/c1-2-3-10(8-13)9-15-12-6-4-11(14)5-7-12/h4-7,10,13-14H,2-3,8-9H2,1H3. The lowest BCUT2D eigenvalue weighted by molar-refractivity contribution is 0.155. The van der Waals surface area contributed by atoms with Crippen molar-refractivity contribution in [1.29, 1.82) is 0 Å². The number of rotatable bonds is 6. The molecular formula is C12H18O3. The van der Waals surface area contributed by atoms with Crippen LogP contribution in [0.25, 0.3) is 0 Å². The van der Waals surface area contributed by atoms with Crippen molar-refractivity contribution in [1.82, 2.24) is 0 Å². The zero-order valence-electron chi connectivity index (χ0n) is 9.02. The Labute approximate surface area is 90.3 Å². The molecular weight excluding hydrogens is 192 g/mol. The summed E-state index contributed by atoms with van der Waals surface area (Å²) in [6.45, 7) is 2.77. The second-order valence-corrected chi connectivity index (χ2v) is 3.64. The molecule has 1 atom stereocenters. The number of hydrogen-bond acceptors (Lipinski definition) is 3. The summed E-state index contributed by atoms with van der Waals surface area (Å²) in [5, 5.41) is 18.1. The predicted octanol–water partition coefficient (Wildman–Crippen LogP) is 2.18. The molecule has 0 radical (unpaired) electrons. The second-order valence-electron chi connectivity index (χ2n) is 3.64. The average Bonchev–Trinajstić information content (AvgIpc) is 2.26. The fourth-order valence-corrected chi connectivity index (χ4v) is 1.39. The van der Waals surface area contributed by atoms with Crippen molar-refractivity contribution in [3.63, 3.8) is 0 Å². The average molecular weight is 210 g/mol. The molecule has 0 aromatic heterocycles. The van der Waals surface area contributed by atoms with Crippen LogP contribution in [0.5, 0.6) is 11.5 Å². The van der Waals surface area contributed by atoms with Gasteiger partial charge in [0.05, 0.1) is 6.61 Å². The van der Waals surface area contributed by atoms with Gasteiger partial charge in [-0.05, 0) is 30.7 Å². The molecule has 2 N–H and O–H groups in total. The van der Waals surface area contributed by atoms with E-state index in [-0.39, 0.29) is 18.3 Å². The van der Waals surface area contributed by atoms with E-state index in [0.29, 0.717) is 6.61 Å². The van der Waals surface area contributed by atoms with Gasteiger partial charge in [-0.3, -0.25) is 0 Å². The van der Waals surface area contributed by atoms with E-state index in [4.69, 9.17) is 14.9 Å². The van der Waals surface area contributed by atoms with Gasteiger partial charge in [0.2, 0.25) is 0 Å². The van der Waals surface area contributed by atoms with Gasteiger partial charge in [-0.1, -0.05) is 13.3 Å². The third kappa shape index (κ3) is 4.21. The number of phenolic OH excluding ortho intramolecular Hbond substituents is 1. The fourth-order valence-electron chi connectivity index (χ4n) is 1.39. The van der Waals surface area contributed by atoms with E-state index in [1.807, 2.05) is 0 Å². The van der Waals surface area contributed by atoms with Crippen LogP contribution in [0.2, 0.25) is 0 Å². The van der Waals surface area contributed by atoms with Gasteiger partial charge < -0.3 is 14.9 Å². The van der Waals surface area contributed by atoms with Crippen LogP contribution in [0.3, 0.4) is 0 Å². The molecule has 0 aliphatic carbocycles. The predicted molar refractivity (Wildman–Crippen MR) is 59.1 cm³/mol. The monoisotopic (exact) mass is 210 g/mol. The minimum Gasteiger partial charge on any atom is -0.508 e. The first kappa shape index (κ1) is 11.9. The molecule has 0 aliphatic rings. The summed E-state index contributed by atoms with van der Waals surface area (Å²) in [5.74, 6) is 1.15. The molecule has 1 unspecified atom stereocenters. The molecule has 0 amide bonds. The first-order chi connectivity index (χ1) is 7.26. The van der Waals surface area contributed by atoms with E-state index in [9.17, 15) is 0 Å². The molecule has 3 heteroatoms. The molecule has 3 nitrogen and oxygen atoms in total. The van der Waals surface area contributed by atoms with Crippen molar-refractivity contribution in [3.05, 3.63) is 24.3 Å². The van der Waals surface area contributed by atoms with Crippen LogP contribution in [0, 0.1) is 5.92 Å².